The number of ether oxygens (including phenoxy) is 1. The quantitative estimate of drug-likeness (QED) is 0.240. The van der Waals surface area contributed by atoms with Crippen molar-refractivity contribution in [2.45, 2.75) is 19.4 Å². The summed E-state index contributed by atoms with van der Waals surface area (Å²) < 4.78 is 7.49. The van der Waals surface area contributed by atoms with E-state index in [1.165, 1.54) is 6.92 Å². The Labute approximate surface area is 214 Å². The average molecular weight is 494 g/mol. The second kappa shape index (κ2) is 10.1. The van der Waals surface area contributed by atoms with Gasteiger partial charge in [-0.05, 0) is 23.3 Å². The van der Waals surface area contributed by atoms with Crippen molar-refractivity contribution < 1.29 is 19.1 Å². The number of H-pyrrole nitrogens is 1. The van der Waals surface area contributed by atoms with Gasteiger partial charge < -0.3 is 19.6 Å². The van der Waals surface area contributed by atoms with Crippen LogP contribution in [0.25, 0.3) is 33.1 Å². The van der Waals surface area contributed by atoms with Crippen LogP contribution in [0.4, 0.5) is 0 Å². The van der Waals surface area contributed by atoms with E-state index in [9.17, 15) is 14.4 Å². The minimum atomic E-state index is -0.925. The van der Waals surface area contributed by atoms with Crippen molar-refractivity contribution in [2.24, 2.45) is 7.05 Å². The number of aryl methyl sites for hydroxylation is 1. The van der Waals surface area contributed by atoms with E-state index in [2.05, 4.69) is 10.3 Å². The zero-order valence-corrected chi connectivity index (χ0v) is 20.7. The van der Waals surface area contributed by atoms with Crippen LogP contribution in [-0.4, -0.2) is 39.9 Å². The molecule has 186 valence electrons. The topological polar surface area (TPSA) is 93.2 Å². The molecule has 0 fully saturated rings. The third kappa shape index (κ3) is 4.76. The van der Waals surface area contributed by atoms with Crippen LogP contribution in [0.3, 0.4) is 0 Å². The van der Waals surface area contributed by atoms with Crippen LogP contribution >= 0.6 is 0 Å². The summed E-state index contributed by atoms with van der Waals surface area (Å²) in [6.45, 7) is 0.916. The van der Waals surface area contributed by atoms with E-state index >= 15 is 0 Å². The molecule has 0 unspecified atom stereocenters. The number of esters is 1. The molecule has 0 saturated heterocycles. The zero-order valence-electron chi connectivity index (χ0n) is 20.7. The van der Waals surface area contributed by atoms with Crippen molar-refractivity contribution >= 4 is 39.5 Å². The molecule has 0 aliphatic carbocycles. The number of nitrogens with one attached hydrogen (secondary N) is 2. The normalized spacial score (nSPS) is 11.9. The van der Waals surface area contributed by atoms with Crippen LogP contribution in [-0.2, 0) is 27.8 Å². The minimum Gasteiger partial charge on any atom is -0.456 e. The second-order valence-electron chi connectivity index (χ2n) is 9.01. The number of benzene rings is 3. The number of rotatable bonds is 8. The third-order valence-corrected chi connectivity index (χ3v) is 6.54. The third-order valence-electron chi connectivity index (χ3n) is 6.54. The maximum absolute atomic E-state index is 13.5. The lowest BCUT2D eigenvalue weighted by Crippen LogP contribution is -2.42. The van der Waals surface area contributed by atoms with Gasteiger partial charge in [-0.1, -0.05) is 66.7 Å². The monoisotopic (exact) mass is 493 g/mol. The van der Waals surface area contributed by atoms with Gasteiger partial charge in [0.15, 0.2) is 6.61 Å². The number of carbonyl (C=O) groups excluding carboxylic acids is 3. The van der Waals surface area contributed by atoms with Crippen molar-refractivity contribution in [2.75, 3.05) is 6.61 Å². The molecule has 0 radical (unpaired) electrons. The lowest BCUT2D eigenvalue weighted by Gasteiger charge is -2.16. The highest BCUT2D eigenvalue weighted by molar-refractivity contribution is 6.14. The molecule has 37 heavy (non-hydrogen) atoms. The van der Waals surface area contributed by atoms with E-state index in [4.69, 9.17) is 4.74 Å². The first-order valence-corrected chi connectivity index (χ1v) is 12.1. The molecule has 5 rings (SSSR count). The van der Waals surface area contributed by atoms with E-state index in [1.54, 1.807) is 0 Å². The molecule has 3 aromatic carbocycles. The molecule has 7 heteroatoms. The summed E-state index contributed by atoms with van der Waals surface area (Å²) >= 11 is 0. The van der Waals surface area contributed by atoms with E-state index in [0.29, 0.717) is 5.56 Å². The van der Waals surface area contributed by atoms with Crippen LogP contribution in [0, 0.1) is 0 Å². The van der Waals surface area contributed by atoms with E-state index in [-0.39, 0.29) is 18.1 Å². The fraction of sp³-hybridized carbons (Fsp3) is 0.167. The number of ketones is 1. The molecule has 0 saturated carbocycles. The lowest BCUT2D eigenvalue weighted by atomic mass is 10.0. The fourth-order valence-corrected chi connectivity index (χ4v) is 4.88. The van der Waals surface area contributed by atoms with Gasteiger partial charge in [-0.15, -0.1) is 0 Å². The Hall–Kier alpha value is -4.65. The molecule has 2 N–H and O–H groups in total. The van der Waals surface area contributed by atoms with Crippen molar-refractivity contribution in [1.29, 1.82) is 0 Å². The maximum atomic E-state index is 13.5. The van der Waals surface area contributed by atoms with Gasteiger partial charge in [0.2, 0.25) is 11.7 Å². The molecule has 7 nitrogen and oxygen atoms in total. The Balaban J connectivity index is 1.40. The molecule has 2 heterocycles. The summed E-state index contributed by atoms with van der Waals surface area (Å²) in [6, 6.07) is 24.1. The highest BCUT2D eigenvalue weighted by atomic mass is 16.5. The van der Waals surface area contributed by atoms with E-state index in [0.717, 1.165) is 38.6 Å². The highest BCUT2D eigenvalue weighted by Crippen LogP contribution is 2.33. The van der Waals surface area contributed by atoms with Gasteiger partial charge in [0.1, 0.15) is 6.04 Å². The maximum Gasteiger partial charge on any atom is 0.329 e. The summed E-state index contributed by atoms with van der Waals surface area (Å²) in [4.78, 5) is 41.7. The van der Waals surface area contributed by atoms with Gasteiger partial charge in [-0.25, -0.2) is 4.79 Å². The molecule has 1 atom stereocenters. The Kier molecular flexibility index (Phi) is 6.60. The van der Waals surface area contributed by atoms with Crippen LogP contribution in [0.2, 0.25) is 0 Å². The first-order valence-electron chi connectivity index (χ1n) is 12.1. The molecule has 1 amide bonds. The zero-order chi connectivity index (χ0) is 25.9. The number of nitrogens with zero attached hydrogens (tertiary/aromatic N) is 1. The van der Waals surface area contributed by atoms with Crippen molar-refractivity contribution in [3.05, 3.63) is 96.2 Å². The van der Waals surface area contributed by atoms with Gasteiger partial charge >= 0.3 is 5.97 Å². The summed E-state index contributed by atoms with van der Waals surface area (Å²) in [5.41, 5.74) is 4.88. The molecule has 0 spiro atoms. The molecular weight excluding hydrogens is 466 g/mol. The van der Waals surface area contributed by atoms with Crippen molar-refractivity contribution in [3.8, 4) is 11.3 Å². The minimum absolute atomic E-state index is 0.236. The summed E-state index contributed by atoms with van der Waals surface area (Å²) in [5, 5.41) is 4.43. The van der Waals surface area contributed by atoms with Gasteiger partial charge in [0.25, 0.3) is 0 Å². The van der Waals surface area contributed by atoms with Crippen molar-refractivity contribution in [3.63, 3.8) is 0 Å². The number of carbonyl (C=O) groups is 3. The number of hydrogen-bond donors (Lipinski definition) is 2. The second-order valence-corrected chi connectivity index (χ2v) is 9.01. The van der Waals surface area contributed by atoms with Gasteiger partial charge in [0.05, 0.1) is 11.3 Å². The van der Waals surface area contributed by atoms with E-state index in [1.807, 2.05) is 96.7 Å². The SMILES string of the molecule is CC(=O)N[C@@H](Cc1c[nH]c2ccccc12)C(=O)OCC(=O)c1c(-c2ccccc2)n(C)c2ccccc12. The lowest BCUT2D eigenvalue weighted by molar-refractivity contribution is -0.146. The van der Waals surface area contributed by atoms with Crippen LogP contribution in [0.15, 0.2) is 85.1 Å². The first-order chi connectivity index (χ1) is 17.9. The van der Waals surface area contributed by atoms with Crippen LogP contribution < -0.4 is 5.32 Å². The number of amides is 1. The number of aromatic nitrogens is 2. The Morgan fingerprint density at radius 1 is 0.919 bits per heavy atom. The van der Waals surface area contributed by atoms with Crippen LogP contribution in [0.1, 0.15) is 22.8 Å². The summed E-state index contributed by atoms with van der Waals surface area (Å²) in [7, 11) is 1.92. The predicted octanol–water partition coefficient (Wildman–Crippen LogP) is 4.80. The number of para-hydroxylation sites is 2. The Morgan fingerprint density at radius 2 is 1.59 bits per heavy atom. The van der Waals surface area contributed by atoms with E-state index < -0.39 is 18.6 Å². The number of hydrogen-bond acceptors (Lipinski definition) is 4. The molecule has 0 bridgehead atoms. The van der Waals surface area contributed by atoms with Gasteiger partial charge in [-0.3, -0.25) is 9.59 Å². The standard InChI is InChI=1S/C30H27N3O4/c1-19(34)32-25(16-21-17-31-24-14-8-6-12-22(21)24)30(36)37-18-27(35)28-23-13-7-9-15-26(23)33(2)29(28)20-10-4-3-5-11-20/h3-15,17,25,31H,16,18H2,1-2H3,(H,32,34)/t25-/m0/s1. The van der Waals surface area contributed by atoms with Crippen LogP contribution in [0.5, 0.6) is 0 Å². The average Bonchev–Trinajstić information content (AvgIpc) is 3.45. The fourth-order valence-electron chi connectivity index (χ4n) is 4.88. The predicted molar refractivity (Wildman–Crippen MR) is 143 cm³/mol. The molecule has 2 aromatic heterocycles. The van der Waals surface area contributed by atoms with Gasteiger partial charge in [0, 0.05) is 48.4 Å². The first kappa shape index (κ1) is 24.1. The van der Waals surface area contributed by atoms with Gasteiger partial charge in [-0.2, -0.15) is 0 Å². The smallest absolute Gasteiger partial charge is 0.329 e. The molecule has 0 aliphatic heterocycles. The number of Topliss-reactive ketones (excluding diaryl/α,β-unsaturated/α-hetero) is 1. The molecular formula is C30H27N3O4. The largest absolute Gasteiger partial charge is 0.456 e. The number of aromatic amines is 1. The Morgan fingerprint density at radius 3 is 2.35 bits per heavy atom. The van der Waals surface area contributed by atoms with Crippen molar-refractivity contribution in [1.82, 2.24) is 14.9 Å². The number of fused-ring (bicyclic) bond motifs is 2. The summed E-state index contributed by atoms with van der Waals surface area (Å²) in [6.07, 6.45) is 2.06. The summed E-state index contributed by atoms with van der Waals surface area (Å²) in [5.74, 6) is -1.32. The Bertz CT molecular complexity index is 1610. The molecule has 0 aliphatic rings. The molecule has 5 aromatic rings. The highest BCUT2D eigenvalue weighted by Gasteiger charge is 2.26.